The van der Waals surface area contributed by atoms with Crippen molar-refractivity contribution in [3.63, 3.8) is 0 Å². The predicted molar refractivity (Wildman–Crippen MR) is 41.3 cm³/mol. The van der Waals surface area contributed by atoms with Crippen LogP contribution < -0.4 is 5.73 Å². The molecule has 0 aliphatic heterocycles. The van der Waals surface area contributed by atoms with Crippen LogP contribution in [0.4, 0.5) is 0 Å². The highest BCUT2D eigenvalue weighted by molar-refractivity contribution is 5.95. The number of carbonyl (C=O) groups excluding carboxylic acids is 1. The molecule has 4 nitrogen and oxygen atoms in total. The van der Waals surface area contributed by atoms with Gasteiger partial charge in [0, 0.05) is 0 Å². The molecule has 1 aromatic carbocycles. The van der Waals surface area contributed by atoms with Gasteiger partial charge in [-0.05, 0) is 18.2 Å². The van der Waals surface area contributed by atoms with Crippen molar-refractivity contribution in [2.24, 2.45) is 5.73 Å². The van der Waals surface area contributed by atoms with Gasteiger partial charge in [-0.15, -0.1) is 0 Å². The van der Waals surface area contributed by atoms with Gasteiger partial charge in [0.05, 0.1) is 17.2 Å². The molecule has 0 atom stereocenters. The van der Waals surface area contributed by atoms with E-state index in [-0.39, 0.29) is 11.3 Å². The molecule has 0 radical (unpaired) electrons. The first kappa shape index (κ1) is 8.08. The lowest BCUT2D eigenvalue weighted by Crippen LogP contribution is -2.11. The number of primary amides is 1. The molecule has 0 fully saturated rings. The van der Waals surface area contributed by atoms with Crippen LogP contribution in [0.1, 0.15) is 15.9 Å². The summed E-state index contributed by atoms with van der Waals surface area (Å²) in [6.45, 7) is 0. The molecule has 4 heteroatoms. The number of hydrogen-bond acceptors (Lipinski definition) is 3. The van der Waals surface area contributed by atoms with Gasteiger partial charge in [-0.1, -0.05) is 0 Å². The van der Waals surface area contributed by atoms with Crippen LogP contribution in [-0.2, 0) is 0 Å². The maximum absolute atomic E-state index is 10.6. The summed E-state index contributed by atoms with van der Waals surface area (Å²) in [5.41, 5.74) is 5.19. The molecular weight excluding hydrogens is 156 g/mol. The third kappa shape index (κ3) is 1.35. The van der Waals surface area contributed by atoms with Gasteiger partial charge in [-0.3, -0.25) is 4.79 Å². The normalized spacial score (nSPS) is 8.92. The van der Waals surface area contributed by atoms with Crippen molar-refractivity contribution in [3.05, 3.63) is 29.3 Å². The van der Waals surface area contributed by atoms with Crippen LogP contribution in [0, 0.1) is 11.3 Å². The third-order valence-corrected chi connectivity index (χ3v) is 1.39. The lowest BCUT2D eigenvalue weighted by atomic mass is 10.1. The molecule has 1 rings (SSSR count). The van der Waals surface area contributed by atoms with Crippen LogP contribution in [-0.4, -0.2) is 11.0 Å². The van der Waals surface area contributed by atoms with Crippen molar-refractivity contribution < 1.29 is 9.90 Å². The quantitative estimate of drug-likeness (QED) is 0.625. The molecule has 60 valence electrons. The number of aromatic hydroxyl groups is 1. The smallest absolute Gasteiger partial charge is 0.252 e. The first-order valence-electron chi connectivity index (χ1n) is 3.18. The van der Waals surface area contributed by atoms with E-state index in [1.165, 1.54) is 18.2 Å². The number of phenols is 1. The molecule has 12 heavy (non-hydrogen) atoms. The minimum atomic E-state index is -0.746. The van der Waals surface area contributed by atoms with E-state index in [4.69, 9.17) is 16.1 Å². The highest BCUT2D eigenvalue weighted by Gasteiger charge is 2.07. The number of nitrogens with two attached hydrogens (primary N) is 1. The van der Waals surface area contributed by atoms with E-state index in [1.807, 2.05) is 6.07 Å². The second kappa shape index (κ2) is 2.93. The SMILES string of the molecule is N#Cc1ccc(O)c(C(N)=O)c1. The average molecular weight is 162 g/mol. The standard InChI is InChI=1S/C8H6N2O2/c9-4-5-1-2-7(11)6(3-5)8(10)12/h1-3,11H,(H2,10,12). The van der Waals surface area contributed by atoms with Gasteiger partial charge in [0.1, 0.15) is 5.75 Å². The first-order chi connectivity index (χ1) is 5.65. The van der Waals surface area contributed by atoms with Crippen LogP contribution in [0.25, 0.3) is 0 Å². The van der Waals surface area contributed by atoms with Gasteiger partial charge in [0.25, 0.3) is 5.91 Å². The summed E-state index contributed by atoms with van der Waals surface area (Å²) in [5, 5.41) is 17.5. The summed E-state index contributed by atoms with van der Waals surface area (Å²) in [4.78, 5) is 10.6. The van der Waals surface area contributed by atoms with E-state index in [0.717, 1.165) is 0 Å². The maximum Gasteiger partial charge on any atom is 0.252 e. The van der Waals surface area contributed by atoms with Gasteiger partial charge in [-0.25, -0.2) is 0 Å². The molecule has 1 aromatic rings. The summed E-state index contributed by atoms with van der Waals surface area (Å²) >= 11 is 0. The zero-order valence-electron chi connectivity index (χ0n) is 6.11. The van der Waals surface area contributed by atoms with Crippen molar-refractivity contribution in [1.82, 2.24) is 0 Å². The number of nitrogens with zero attached hydrogens (tertiary/aromatic N) is 1. The molecule has 0 unspecified atom stereocenters. The minimum Gasteiger partial charge on any atom is -0.507 e. The van der Waals surface area contributed by atoms with Crippen molar-refractivity contribution in [1.29, 1.82) is 5.26 Å². The summed E-state index contributed by atoms with van der Waals surface area (Å²) in [6, 6.07) is 5.75. The Balaban J connectivity index is 3.28. The largest absolute Gasteiger partial charge is 0.507 e. The van der Waals surface area contributed by atoms with Crippen LogP contribution in [0.3, 0.4) is 0 Å². The molecule has 0 saturated carbocycles. The van der Waals surface area contributed by atoms with E-state index in [1.54, 1.807) is 0 Å². The lowest BCUT2D eigenvalue weighted by molar-refractivity contribution is 0.0998. The lowest BCUT2D eigenvalue weighted by Gasteiger charge is -1.98. The number of carbonyl (C=O) groups is 1. The van der Waals surface area contributed by atoms with E-state index >= 15 is 0 Å². The second-order valence-electron chi connectivity index (χ2n) is 2.21. The summed E-state index contributed by atoms with van der Waals surface area (Å²) < 4.78 is 0. The Morgan fingerprint density at radius 1 is 1.58 bits per heavy atom. The Morgan fingerprint density at radius 3 is 2.75 bits per heavy atom. The van der Waals surface area contributed by atoms with E-state index in [9.17, 15) is 4.79 Å². The fraction of sp³-hybridized carbons (Fsp3) is 0. The Bertz CT molecular complexity index is 366. The van der Waals surface area contributed by atoms with E-state index in [0.29, 0.717) is 5.56 Å². The fourth-order valence-corrected chi connectivity index (χ4v) is 0.803. The maximum atomic E-state index is 10.6. The highest BCUT2D eigenvalue weighted by atomic mass is 16.3. The summed E-state index contributed by atoms with van der Waals surface area (Å²) in [5.74, 6) is -0.953. The molecule has 3 N–H and O–H groups in total. The molecule has 0 aliphatic rings. The van der Waals surface area contributed by atoms with Crippen LogP contribution in [0.15, 0.2) is 18.2 Å². The monoisotopic (exact) mass is 162 g/mol. The topological polar surface area (TPSA) is 87.1 Å². The van der Waals surface area contributed by atoms with Crippen LogP contribution in [0.2, 0.25) is 0 Å². The van der Waals surface area contributed by atoms with Crippen LogP contribution in [0.5, 0.6) is 5.75 Å². The Kier molecular flexibility index (Phi) is 1.97. The third-order valence-electron chi connectivity index (χ3n) is 1.39. The molecular formula is C8H6N2O2. The van der Waals surface area contributed by atoms with Gasteiger partial charge in [0.15, 0.2) is 0 Å². The number of amides is 1. The molecule has 0 bridgehead atoms. The van der Waals surface area contributed by atoms with Crippen molar-refractivity contribution >= 4 is 5.91 Å². The van der Waals surface area contributed by atoms with E-state index < -0.39 is 5.91 Å². The molecule has 0 aliphatic carbocycles. The molecule has 1 amide bonds. The molecule has 0 aromatic heterocycles. The predicted octanol–water partition coefficient (Wildman–Crippen LogP) is 0.363. The number of hydrogen-bond donors (Lipinski definition) is 2. The number of rotatable bonds is 1. The van der Waals surface area contributed by atoms with E-state index in [2.05, 4.69) is 0 Å². The van der Waals surface area contributed by atoms with Gasteiger partial charge in [0.2, 0.25) is 0 Å². The number of nitriles is 1. The molecule has 0 spiro atoms. The Hall–Kier alpha value is -2.02. The second-order valence-corrected chi connectivity index (χ2v) is 2.21. The number of benzene rings is 1. The van der Waals surface area contributed by atoms with Gasteiger partial charge >= 0.3 is 0 Å². The highest BCUT2D eigenvalue weighted by Crippen LogP contribution is 2.16. The zero-order valence-corrected chi connectivity index (χ0v) is 6.11. The fourth-order valence-electron chi connectivity index (χ4n) is 0.803. The van der Waals surface area contributed by atoms with Gasteiger partial charge in [-0.2, -0.15) is 5.26 Å². The first-order valence-corrected chi connectivity index (χ1v) is 3.18. The van der Waals surface area contributed by atoms with Crippen molar-refractivity contribution in [2.75, 3.05) is 0 Å². The Labute approximate surface area is 68.8 Å². The van der Waals surface area contributed by atoms with Crippen molar-refractivity contribution in [3.8, 4) is 11.8 Å². The van der Waals surface area contributed by atoms with Gasteiger partial charge < -0.3 is 10.8 Å². The summed E-state index contributed by atoms with van der Waals surface area (Å²) in [6.07, 6.45) is 0. The molecule has 0 heterocycles. The van der Waals surface area contributed by atoms with Crippen LogP contribution >= 0.6 is 0 Å². The molecule has 0 saturated heterocycles. The zero-order chi connectivity index (χ0) is 9.14. The Morgan fingerprint density at radius 2 is 2.25 bits per heavy atom. The summed E-state index contributed by atoms with van der Waals surface area (Å²) in [7, 11) is 0. The average Bonchev–Trinajstić information content (AvgIpc) is 2.05. The minimum absolute atomic E-state index is 0.0333. The van der Waals surface area contributed by atoms with Crippen molar-refractivity contribution in [2.45, 2.75) is 0 Å².